The van der Waals surface area contributed by atoms with Crippen LogP contribution in [0.15, 0.2) is 101 Å². The van der Waals surface area contributed by atoms with Crippen molar-refractivity contribution < 1.29 is 23.5 Å². The maximum atomic E-state index is 13.5. The van der Waals surface area contributed by atoms with Gasteiger partial charge in [-0.3, -0.25) is 9.59 Å². The predicted molar refractivity (Wildman–Crippen MR) is 154 cm³/mol. The first-order valence-corrected chi connectivity index (χ1v) is 12.5. The SMILES string of the molecule is COc1ccc(OC)c(NC(=O)c2nc(-c3ccccc3)oc2-c2ccc(NC(=O)c3ccc(C)cc3)cc2)c1. The normalized spacial score (nSPS) is 10.6. The van der Waals surface area contributed by atoms with Gasteiger partial charge in [0.2, 0.25) is 5.89 Å². The second kappa shape index (κ2) is 11.6. The first-order valence-electron chi connectivity index (χ1n) is 12.5. The average molecular weight is 534 g/mol. The molecule has 0 radical (unpaired) electrons. The van der Waals surface area contributed by atoms with Crippen LogP contribution in [-0.2, 0) is 0 Å². The Balaban J connectivity index is 1.46. The number of nitrogens with one attached hydrogen (secondary N) is 2. The maximum absolute atomic E-state index is 13.5. The first-order chi connectivity index (χ1) is 19.4. The van der Waals surface area contributed by atoms with Crippen LogP contribution in [0.5, 0.6) is 11.5 Å². The highest BCUT2D eigenvalue weighted by Gasteiger charge is 2.24. The van der Waals surface area contributed by atoms with Crippen LogP contribution in [0, 0.1) is 6.92 Å². The predicted octanol–water partition coefficient (Wildman–Crippen LogP) is 6.84. The van der Waals surface area contributed by atoms with E-state index in [-0.39, 0.29) is 17.4 Å². The van der Waals surface area contributed by atoms with Crippen molar-refractivity contribution in [2.45, 2.75) is 6.92 Å². The molecular formula is C32H27N3O5. The van der Waals surface area contributed by atoms with E-state index in [0.717, 1.165) is 11.1 Å². The molecule has 8 heteroatoms. The van der Waals surface area contributed by atoms with E-state index in [4.69, 9.17) is 13.9 Å². The van der Waals surface area contributed by atoms with Gasteiger partial charge in [0.05, 0.1) is 19.9 Å². The van der Waals surface area contributed by atoms with Gasteiger partial charge in [-0.05, 0) is 67.6 Å². The largest absolute Gasteiger partial charge is 0.497 e. The Morgan fingerprint density at radius 2 is 1.48 bits per heavy atom. The summed E-state index contributed by atoms with van der Waals surface area (Å²) in [6.45, 7) is 1.97. The van der Waals surface area contributed by atoms with E-state index in [0.29, 0.717) is 39.9 Å². The van der Waals surface area contributed by atoms with Gasteiger partial charge < -0.3 is 24.5 Å². The van der Waals surface area contributed by atoms with Gasteiger partial charge in [-0.1, -0.05) is 35.9 Å². The number of amides is 2. The summed E-state index contributed by atoms with van der Waals surface area (Å²) in [5.74, 6) is 0.918. The molecule has 8 nitrogen and oxygen atoms in total. The minimum atomic E-state index is -0.482. The number of anilines is 2. The molecule has 0 fully saturated rings. The number of hydrogen-bond acceptors (Lipinski definition) is 6. The number of carbonyl (C=O) groups excluding carboxylic acids is 2. The number of nitrogens with zero attached hydrogens (tertiary/aromatic N) is 1. The van der Waals surface area contributed by atoms with Gasteiger partial charge in [0.15, 0.2) is 11.5 Å². The van der Waals surface area contributed by atoms with Crippen molar-refractivity contribution >= 4 is 23.2 Å². The molecule has 1 heterocycles. The Morgan fingerprint density at radius 1 is 0.750 bits per heavy atom. The lowest BCUT2D eigenvalue weighted by molar-refractivity contribution is 0.101. The minimum Gasteiger partial charge on any atom is -0.497 e. The van der Waals surface area contributed by atoms with Crippen molar-refractivity contribution in [1.82, 2.24) is 4.98 Å². The fourth-order valence-electron chi connectivity index (χ4n) is 4.08. The molecule has 0 spiro atoms. The first kappa shape index (κ1) is 26.2. The molecule has 2 amide bonds. The number of methoxy groups -OCH3 is 2. The summed E-state index contributed by atoms with van der Waals surface area (Å²) in [7, 11) is 3.06. The van der Waals surface area contributed by atoms with Gasteiger partial charge in [-0.15, -0.1) is 0 Å². The van der Waals surface area contributed by atoms with Crippen LogP contribution in [-0.4, -0.2) is 31.0 Å². The summed E-state index contributed by atoms with van der Waals surface area (Å²) in [5.41, 5.74) is 4.10. The molecule has 0 unspecified atom stereocenters. The van der Waals surface area contributed by atoms with E-state index in [2.05, 4.69) is 15.6 Å². The summed E-state index contributed by atoms with van der Waals surface area (Å²) >= 11 is 0. The molecule has 0 bridgehead atoms. The zero-order valence-corrected chi connectivity index (χ0v) is 22.2. The van der Waals surface area contributed by atoms with Crippen LogP contribution in [0.4, 0.5) is 11.4 Å². The third-order valence-corrected chi connectivity index (χ3v) is 6.24. The van der Waals surface area contributed by atoms with E-state index in [1.807, 2.05) is 49.4 Å². The standard InChI is InChI=1S/C32H27N3O5/c1-20-9-11-22(12-10-20)30(36)33-24-15-13-21(14-16-24)29-28(35-32(40-29)23-7-5-4-6-8-23)31(37)34-26-19-25(38-2)17-18-27(26)39-3/h4-19H,1-3H3,(H,33,36)(H,34,37). The average Bonchev–Trinajstić information content (AvgIpc) is 3.44. The number of aryl methyl sites for hydroxylation is 1. The quantitative estimate of drug-likeness (QED) is 0.226. The zero-order valence-electron chi connectivity index (χ0n) is 22.2. The van der Waals surface area contributed by atoms with Crippen LogP contribution >= 0.6 is 0 Å². The Hall–Kier alpha value is -5.37. The molecule has 5 aromatic rings. The molecule has 0 aliphatic heterocycles. The summed E-state index contributed by atoms with van der Waals surface area (Å²) in [4.78, 5) is 30.7. The highest BCUT2D eigenvalue weighted by atomic mass is 16.5. The summed E-state index contributed by atoms with van der Waals surface area (Å²) in [6, 6.07) is 28.8. The van der Waals surface area contributed by atoms with Crippen molar-refractivity contribution in [1.29, 1.82) is 0 Å². The number of benzene rings is 4. The topological polar surface area (TPSA) is 103 Å². The molecule has 0 saturated heterocycles. The molecule has 200 valence electrons. The zero-order chi connectivity index (χ0) is 28.1. The number of carbonyl (C=O) groups is 2. The highest BCUT2D eigenvalue weighted by molar-refractivity contribution is 6.08. The molecular weight excluding hydrogens is 506 g/mol. The molecule has 40 heavy (non-hydrogen) atoms. The summed E-state index contributed by atoms with van der Waals surface area (Å²) < 4.78 is 16.8. The highest BCUT2D eigenvalue weighted by Crippen LogP contribution is 2.33. The van der Waals surface area contributed by atoms with E-state index in [9.17, 15) is 9.59 Å². The number of ether oxygens (including phenoxy) is 2. The van der Waals surface area contributed by atoms with E-state index in [1.54, 1.807) is 61.7 Å². The van der Waals surface area contributed by atoms with Crippen LogP contribution < -0.4 is 20.1 Å². The van der Waals surface area contributed by atoms with Crippen LogP contribution in [0.1, 0.15) is 26.4 Å². The minimum absolute atomic E-state index is 0.0974. The number of rotatable bonds is 8. The van der Waals surface area contributed by atoms with E-state index in [1.165, 1.54) is 7.11 Å². The monoisotopic (exact) mass is 533 g/mol. The number of oxazole rings is 1. The molecule has 5 rings (SSSR count). The van der Waals surface area contributed by atoms with E-state index < -0.39 is 5.91 Å². The lowest BCUT2D eigenvalue weighted by Gasteiger charge is -2.11. The van der Waals surface area contributed by atoms with E-state index >= 15 is 0 Å². The summed E-state index contributed by atoms with van der Waals surface area (Å²) in [5, 5.41) is 5.75. The van der Waals surface area contributed by atoms with Crippen molar-refractivity contribution in [2.24, 2.45) is 0 Å². The van der Waals surface area contributed by atoms with Crippen molar-refractivity contribution in [3.05, 3.63) is 114 Å². The van der Waals surface area contributed by atoms with Crippen molar-refractivity contribution in [2.75, 3.05) is 24.9 Å². The lowest BCUT2D eigenvalue weighted by Crippen LogP contribution is -2.14. The Bertz CT molecular complexity index is 1640. The number of hydrogen-bond donors (Lipinski definition) is 2. The summed E-state index contributed by atoms with van der Waals surface area (Å²) in [6.07, 6.45) is 0. The Morgan fingerprint density at radius 3 is 2.15 bits per heavy atom. The molecule has 4 aromatic carbocycles. The van der Waals surface area contributed by atoms with Gasteiger partial charge in [0, 0.05) is 28.4 Å². The van der Waals surface area contributed by atoms with Crippen molar-refractivity contribution in [3.63, 3.8) is 0 Å². The third kappa shape index (κ3) is 5.71. The molecule has 0 aliphatic carbocycles. The smallest absolute Gasteiger partial charge is 0.278 e. The Kier molecular flexibility index (Phi) is 7.59. The fourth-order valence-corrected chi connectivity index (χ4v) is 4.08. The molecule has 0 aliphatic rings. The van der Waals surface area contributed by atoms with Crippen LogP contribution in [0.2, 0.25) is 0 Å². The van der Waals surface area contributed by atoms with Gasteiger partial charge in [-0.2, -0.15) is 0 Å². The number of aromatic nitrogens is 1. The van der Waals surface area contributed by atoms with Crippen LogP contribution in [0.25, 0.3) is 22.8 Å². The Labute approximate surface area is 231 Å². The molecule has 1 aromatic heterocycles. The molecule has 0 saturated carbocycles. The third-order valence-electron chi connectivity index (χ3n) is 6.24. The molecule has 2 N–H and O–H groups in total. The van der Waals surface area contributed by atoms with Gasteiger partial charge in [-0.25, -0.2) is 4.98 Å². The van der Waals surface area contributed by atoms with Gasteiger partial charge in [0.1, 0.15) is 11.5 Å². The maximum Gasteiger partial charge on any atom is 0.278 e. The lowest BCUT2D eigenvalue weighted by atomic mass is 10.1. The molecule has 0 atom stereocenters. The van der Waals surface area contributed by atoms with Gasteiger partial charge in [0.25, 0.3) is 11.8 Å². The second-order valence-electron chi connectivity index (χ2n) is 8.98. The second-order valence-corrected chi connectivity index (χ2v) is 8.98. The fraction of sp³-hybridized carbons (Fsp3) is 0.0938. The van der Waals surface area contributed by atoms with Crippen molar-refractivity contribution in [3.8, 4) is 34.3 Å². The van der Waals surface area contributed by atoms with Gasteiger partial charge >= 0.3 is 0 Å². The van der Waals surface area contributed by atoms with Crippen LogP contribution in [0.3, 0.4) is 0 Å².